The SMILES string of the molecule is CSCCC(NC(=O)c1ccc(C(F)(F)F)cc1)C(=O)NNS(=O)(=O)c1ccc(Cl)cc1. The highest BCUT2D eigenvalue weighted by Gasteiger charge is 2.30. The van der Waals surface area contributed by atoms with E-state index in [1.807, 2.05) is 10.3 Å². The molecule has 0 spiro atoms. The van der Waals surface area contributed by atoms with E-state index in [1.165, 1.54) is 36.0 Å². The van der Waals surface area contributed by atoms with Crippen molar-refractivity contribution in [2.24, 2.45) is 0 Å². The molecular formula is C19H19ClF3N3O4S2. The molecule has 0 aromatic heterocycles. The first-order valence-corrected chi connectivity index (χ1v) is 12.2. The Morgan fingerprint density at radius 1 is 1.06 bits per heavy atom. The van der Waals surface area contributed by atoms with Gasteiger partial charge >= 0.3 is 6.18 Å². The van der Waals surface area contributed by atoms with E-state index in [9.17, 15) is 31.2 Å². The first kappa shape index (κ1) is 26.0. The summed E-state index contributed by atoms with van der Waals surface area (Å²) in [7, 11) is -4.09. The van der Waals surface area contributed by atoms with Gasteiger partial charge in [0.2, 0.25) is 0 Å². The second kappa shape index (κ2) is 11.0. The molecule has 0 aliphatic heterocycles. The standard InChI is InChI=1S/C19H19ClF3N3O4S2/c1-31-11-10-16(24-17(27)12-2-4-13(5-3-12)19(21,22)23)18(28)25-26-32(29,30)15-8-6-14(20)7-9-15/h2-9,16,26H,10-11H2,1H3,(H,24,27)(H,25,28). The van der Waals surface area contributed by atoms with Crippen molar-refractivity contribution in [2.75, 3.05) is 12.0 Å². The predicted octanol–water partition coefficient (Wildman–Crippen LogP) is 3.22. The first-order chi connectivity index (χ1) is 14.9. The Hall–Kier alpha value is -2.28. The Morgan fingerprint density at radius 3 is 2.19 bits per heavy atom. The Balaban J connectivity index is 2.07. The molecule has 2 aromatic carbocycles. The molecule has 0 radical (unpaired) electrons. The lowest BCUT2D eigenvalue weighted by molar-refractivity contribution is -0.137. The van der Waals surface area contributed by atoms with Crippen LogP contribution in [-0.2, 0) is 21.0 Å². The summed E-state index contributed by atoms with van der Waals surface area (Å²) in [6.45, 7) is 0. The number of halogens is 4. The highest BCUT2D eigenvalue weighted by Crippen LogP contribution is 2.29. The van der Waals surface area contributed by atoms with Gasteiger partial charge in [0.1, 0.15) is 6.04 Å². The molecule has 0 aliphatic rings. The number of hydrogen-bond acceptors (Lipinski definition) is 5. The number of carbonyl (C=O) groups excluding carboxylic acids is 2. The maximum atomic E-state index is 12.7. The van der Waals surface area contributed by atoms with E-state index < -0.39 is 39.6 Å². The summed E-state index contributed by atoms with van der Waals surface area (Å²) in [5.41, 5.74) is 1.05. The zero-order valence-corrected chi connectivity index (χ0v) is 19.0. The number of hydrazine groups is 1. The molecule has 13 heteroatoms. The fourth-order valence-corrected chi connectivity index (χ4v) is 3.88. The zero-order valence-electron chi connectivity index (χ0n) is 16.6. The second-order valence-corrected chi connectivity index (χ2v) is 9.54. The van der Waals surface area contributed by atoms with Crippen LogP contribution in [0.5, 0.6) is 0 Å². The monoisotopic (exact) mass is 509 g/mol. The van der Waals surface area contributed by atoms with Gasteiger partial charge in [0.15, 0.2) is 0 Å². The summed E-state index contributed by atoms with van der Waals surface area (Å²) in [6, 6.07) is 7.58. The van der Waals surface area contributed by atoms with E-state index in [-0.39, 0.29) is 16.9 Å². The number of nitrogens with one attached hydrogen (secondary N) is 3. The van der Waals surface area contributed by atoms with Crippen molar-refractivity contribution in [3.05, 3.63) is 64.7 Å². The quantitative estimate of drug-likeness (QED) is 0.450. The minimum absolute atomic E-state index is 0.0818. The van der Waals surface area contributed by atoms with Gasteiger partial charge in [0.25, 0.3) is 21.8 Å². The maximum Gasteiger partial charge on any atom is 0.416 e. The Kier molecular flexibility index (Phi) is 8.96. The average molecular weight is 510 g/mol. The number of alkyl halides is 3. The summed E-state index contributed by atoms with van der Waals surface area (Å²) >= 11 is 7.12. The largest absolute Gasteiger partial charge is 0.416 e. The minimum Gasteiger partial charge on any atom is -0.340 e. The number of carbonyl (C=O) groups is 2. The number of thioether (sulfide) groups is 1. The molecule has 0 saturated heterocycles. The normalized spacial score (nSPS) is 12.8. The summed E-state index contributed by atoms with van der Waals surface area (Å²) in [5, 5.41) is 2.74. The third-order valence-electron chi connectivity index (χ3n) is 4.14. The molecule has 1 unspecified atom stereocenters. The number of sulfonamides is 1. The topological polar surface area (TPSA) is 104 Å². The molecule has 0 aliphatic carbocycles. The van der Waals surface area contributed by atoms with Gasteiger partial charge in [-0.3, -0.25) is 15.0 Å². The van der Waals surface area contributed by atoms with Crippen LogP contribution in [0.2, 0.25) is 5.02 Å². The maximum absolute atomic E-state index is 12.7. The molecule has 32 heavy (non-hydrogen) atoms. The van der Waals surface area contributed by atoms with Crippen LogP contribution in [-0.4, -0.2) is 38.3 Å². The molecule has 3 N–H and O–H groups in total. The third-order valence-corrected chi connectivity index (χ3v) is 6.30. The van der Waals surface area contributed by atoms with E-state index in [0.29, 0.717) is 10.8 Å². The fourth-order valence-electron chi connectivity index (χ4n) is 2.43. The smallest absolute Gasteiger partial charge is 0.340 e. The van der Waals surface area contributed by atoms with Crippen molar-refractivity contribution >= 4 is 45.2 Å². The van der Waals surface area contributed by atoms with Gasteiger partial charge in [-0.1, -0.05) is 11.6 Å². The van der Waals surface area contributed by atoms with Gasteiger partial charge in [-0.05, 0) is 67.0 Å². The zero-order chi connectivity index (χ0) is 23.9. The molecule has 0 fully saturated rings. The lowest BCUT2D eigenvalue weighted by Gasteiger charge is -2.19. The molecule has 0 bridgehead atoms. The summed E-state index contributed by atoms with van der Waals surface area (Å²) < 4.78 is 62.6. The molecule has 174 valence electrons. The van der Waals surface area contributed by atoms with Gasteiger partial charge in [0, 0.05) is 10.6 Å². The van der Waals surface area contributed by atoms with Crippen molar-refractivity contribution in [1.29, 1.82) is 0 Å². The van der Waals surface area contributed by atoms with Crippen LogP contribution in [0.25, 0.3) is 0 Å². The number of rotatable bonds is 9. The summed E-state index contributed by atoms with van der Waals surface area (Å²) in [6.07, 6.45) is -2.62. The van der Waals surface area contributed by atoms with Crippen LogP contribution in [0.15, 0.2) is 53.4 Å². The van der Waals surface area contributed by atoms with E-state index in [2.05, 4.69) is 5.32 Å². The van der Waals surface area contributed by atoms with Crippen molar-refractivity contribution in [1.82, 2.24) is 15.6 Å². The Morgan fingerprint density at radius 2 is 1.66 bits per heavy atom. The van der Waals surface area contributed by atoms with Crippen LogP contribution in [0.4, 0.5) is 13.2 Å². The average Bonchev–Trinajstić information content (AvgIpc) is 2.74. The predicted molar refractivity (Wildman–Crippen MR) is 116 cm³/mol. The summed E-state index contributed by atoms with van der Waals surface area (Å²) in [5.74, 6) is -1.16. The van der Waals surface area contributed by atoms with Crippen LogP contribution in [0.3, 0.4) is 0 Å². The van der Waals surface area contributed by atoms with Gasteiger partial charge < -0.3 is 5.32 Å². The first-order valence-electron chi connectivity index (χ1n) is 8.98. The van der Waals surface area contributed by atoms with Gasteiger partial charge in [-0.2, -0.15) is 24.9 Å². The molecule has 0 heterocycles. The lowest BCUT2D eigenvalue weighted by atomic mass is 10.1. The molecule has 2 rings (SSSR count). The second-order valence-electron chi connectivity index (χ2n) is 6.43. The minimum atomic E-state index is -4.54. The third kappa shape index (κ3) is 7.40. The Bertz CT molecular complexity index is 1050. The van der Waals surface area contributed by atoms with E-state index in [1.54, 1.807) is 6.26 Å². The van der Waals surface area contributed by atoms with Crippen LogP contribution < -0.4 is 15.6 Å². The van der Waals surface area contributed by atoms with Crippen molar-refractivity contribution < 1.29 is 31.2 Å². The lowest BCUT2D eigenvalue weighted by Crippen LogP contribution is -2.52. The van der Waals surface area contributed by atoms with Crippen LogP contribution >= 0.6 is 23.4 Å². The highest BCUT2D eigenvalue weighted by atomic mass is 35.5. The van der Waals surface area contributed by atoms with E-state index in [4.69, 9.17) is 11.6 Å². The van der Waals surface area contributed by atoms with Crippen molar-refractivity contribution in [3.8, 4) is 0 Å². The van der Waals surface area contributed by atoms with Gasteiger partial charge in [0.05, 0.1) is 10.5 Å². The van der Waals surface area contributed by atoms with Crippen molar-refractivity contribution in [2.45, 2.75) is 23.5 Å². The molecule has 0 saturated carbocycles. The molecule has 2 aromatic rings. The van der Waals surface area contributed by atoms with Gasteiger partial charge in [-0.25, -0.2) is 8.42 Å². The highest BCUT2D eigenvalue weighted by molar-refractivity contribution is 7.98. The fraction of sp³-hybridized carbons (Fsp3) is 0.263. The Labute approximate surface area is 192 Å². The molecule has 7 nitrogen and oxygen atoms in total. The molecule has 2 amide bonds. The van der Waals surface area contributed by atoms with Crippen molar-refractivity contribution in [3.63, 3.8) is 0 Å². The molecule has 1 atom stereocenters. The van der Waals surface area contributed by atoms with E-state index in [0.717, 1.165) is 24.3 Å². The van der Waals surface area contributed by atoms with Crippen LogP contribution in [0.1, 0.15) is 22.3 Å². The van der Waals surface area contributed by atoms with Crippen LogP contribution in [0, 0.1) is 0 Å². The number of benzene rings is 2. The summed E-state index contributed by atoms with van der Waals surface area (Å²) in [4.78, 5) is 26.7. The van der Waals surface area contributed by atoms with Gasteiger partial charge in [-0.15, -0.1) is 4.83 Å². The number of hydrogen-bond donors (Lipinski definition) is 3. The number of amides is 2. The van der Waals surface area contributed by atoms with E-state index >= 15 is 0 Å². The molecular weight excluding hydrogens is 491 g/mol.